The molecule has 1 saturated carbocycles. The molecule has 1 amide bonds. The molecule has 1 N–H and O–H groups in total. The number of benzene rings is 1. The average Bonchev–Trinajstić information content (AvgIpc) is 3.17. The lowest BCUT2D eigenvalue weighted by atomic mass is 10.0. The number of rotatable bonds is 4. The Morgan fingerprint density at radius 1 is 1.40 bits per heavy atom. The number of hydrogen-bond acceptors (Lipinski definition) is 3. The molecule has 1 aliphatic rings. The van der Waals surface area contributed by atoms with E-state index in [0.717, 1.165) is 12.0 Å². The number of carbonyl (C=O) groups excluding carboxylic acids is 2. The second-order valence-corrected chi connectivity index (χ2v) is 6.05. The van der Waals surface area contributed by atoms with Gasteiger partial charge in [-0.15, -0.1) is 0 Å². The second kappa shape index (κ2) is 5.44. The van der Waals surface area contributed by atoms with E-state index < -0.39 is 11.5 Å². The lowest BCUT2D eigenvalue weighted by Gasteiger charge is -2.23. The molecule has 0 radical (unpaired) electrons. The highest BCUT2D eigenvalue weighted by Gasteiger charge is 2.46. The fraction of sp³-hybridized carbons (Fsp3) is 0.467. The molecule has 0 bridgehead atoms. The van der Waals surface area contributed by atoms with E-state index in [9.17, 15) is 9.59 Å². The van der Waals surface area contributed by atoms with Crippen LogP contribution in [0.2, 0.25) is 5.02 Å². The van der Waals surface area contributed by atoms with Gasteiger partial charge in [0.1, 0.15) is 5.54 Å². The Hall–Kier alpha value is -1.55. The molecule has 0 spiro atoms. The first-order valence-corrected chi connectivity index (χ1v) is 6.89. The number of ether oxygens (including phenoxy) is 1. The van der Waals surface area contributed by atoms with Crippen LogP contribution < -0.4 is 5.32 Å². The maximum absolute atomic E-state index is 12.2. The Bertz CT molecular complexity index is 542. The maximum atomic E-state index is 12.2. The molecule has 0 heterocycles. The lowest BCUT2D eigenvalue weighted by Crippen LogP contribution is -2.51. The molecule has 2 atom stereocenters. The fourth-order valence-electron chi connectivity index (χ4n) is 2.30. The Kier molecular flexibility index (Phi) is 4.04. The van der Waals surface area contributed by atoms with Crippen molar-refractivity contribution in [1.29, 1.82) is 0 Å². The van der Waals surface area contributed by atoms with Gasteiger partial charge >= 0.3 is 5.97 Å². The van der Waals surface area contributed by atoms with Crippen LogP contribution in [0.5, 0.6) is 0 Å². The van der Waals surface area contributed by atoms with Crippen molar-refractivity contribution in [2.24, 2.45) is 5.92 Å². The van der Waals surface area contributed by atoms with Gasteiger partial charge in [0.15, 0.2) is 0 Å². The molecule has 108 valence electrons. The summed E-state index contributed by atoms with van der Waals surface area (Å²) in [5, 5.41) is 3.41. The van der Waals surface area contributed by atoms with E-state index in [0.29, 0.717) is 5.02 Å². The third-order valence-corrected chi connectivity index (χ3v) is 3.77. The number of amides is 1. The van der Waals surface area contributed by atoms with Gasteiger partial charge in [-0.25, -0.2) is 4.79 Å². The molecule has 20 heavy (non-hydrogen) atoms. The van der Waals surface area contributed by atoms with Crippen LogP contribution in [-0.2, 0) is 14.3 Å². The van der Waals surface area contributed by atoms with Gasteiger partial charge in [0.2, 0.25) is 5.91 Å². The minimum atomic E-state index is -1.01. The Balaban J connectivity index is 1.98. The Morgan fingerprint density at radius 2 is 2.10 bits per heavy atom. The van der Waals surface area contributed by atoms with Gasteiger partial charge in [-0.3, -0.25) is 4.79 Å². The summed E-state index contributed by atoms with van der Waals surface area (Å²) in [5.74, 6) is -0.490. The van der Waals surface area contributed by atoms with Crippen LogP contribution in [0.3, 0.4) is 0 Å². The van der Waals surface area contributed by atoms with Crippen LogP contribution in [0.4, 0.5) is 0 Å². The second-order valence-electron chi connectivity index (χ2n) is 5.61. The van der Waals surface area contributed by atoms with Crippen molar-refractivity contribution in [3.8, 4) is 0 Å². The molecule has 1 fully saturated rings. The van der Waals surface area contributed by atoms with Crippen LogP contribution in [0, 0.1) is 5.92 Å². The van der Waals surface area contributed by atoms with E-state index in [-0.39, 0.29) is 17.7 Å². The van der Waals surface area contributed by atoms with E-state index in [1.165, 1.54) is 7.11 Å². The van der Waals surface area contributed by atoms with Crippen LogP contribution in [-0.4, -0.2) is 24.5 Å². The highest BCUT2D eigenvalue weighted by Crippen LogP contribution is 2.48. The summed E-state index contributed by atoms with van der Waals surface area (Å²) in [6, 6.07) is 7.53. The lowest BCUT2D eigenvalue weighted by molar-refractivity contribution is -0.149. The molecule has 2 rings (SSSR count). The summed E-state index contributed by atoms with van der Waals surface area (Å²) in [7, 11) is 1.31. The number of carbonyl (C=O) groups is 2. The summed E-state index contributed by atoms with van der Waals surface area (Å²) in [6.07, 6.45) is 0.781. The van der Waals surface area contributed by atoms with Crippen molar-refractivity contribution in [2.75, 3.05) is 7.11 Å². The van der Waals surface area contributed by atoms with Crippen molar-refractivity contribution in [3.05, 3.63) is 34.9 Å². The van der Waals surface area contributed by atoms with Crippen molar-refractivity contribution in [2.45, 2.75) is 31.7 Å². The number of nitrogens with one attached hydrogen (secondary N) is 1. The van der Waals surface area contributed by atoms with Crippen LogP contribution in [0.25, 0.3) is 0 Å². The van der Waals surface area contributed by atoms with Crippen molar-refractivity contribution in [3.63, 3.8) is 0 Å². The van der Waals surface area contributed by atoms with E-state index in [2.05, 4.69) is 10.1 Å². The van der Waals surface area contributed by atoms with Crippen molar-refractivity contribution >= 4 is 23.5 Å². The number of esters is 1. The molecule has 0 saturated heterocycles. The molecule has 1 aromatic rings. The topological polar surface area (TPSA) is 55.4 Å². The molecule has 1 aromatic carbocycles. The number of hydrogen-bond donors (Lipinski definition) is 1. The Morgan fingerprint density at radius 3 is 2.70 bits per heavy atom. The van der Waals surface area contributed by atoms with Gasteiger partial charge in [-0.2, -0.15) is 0 Å². The van der Waals surface area contributed by atoms with E-state index in [4.69, 9.17) is 11.6 Å². The third kappa shape index (κ3) is 3.12. The summed E-state index contributed by atoms with van der Waals surface area (Å²) in [4.78, 5) is 23.7. The minimum absolute atomic E-state index is 0.0996. The quantitative estimate of drug-likeness (QED) is 0.868. The van der Waals surface area contributed by atoms with Gasteiger partial charge in [0.25, 0.3) is 0 Å². The van der Waals surface area contributed by atoms with Crippen molar-refractivity contribution < 1.29 is 14.3 Å². The highest BCUT2D eigenvalue weighted by atomic mass is 35.5. The van der Waals surface area contributed by atoms with Crippen LogP contribution in [0.15, 0.2) is 24.3 Å². The molecule has 1 aliphatic carbocycles. The molecule has 0 aliphatic heterocycles. The molecule has 4 nitrogen and oxygen atoms in total. The standard InChI is InChI=1S/C15H18ClNO3/c1-15(2,14(19)20-3)17-13(18)12-8-11(12)9-5-4-6-10(16)7-9/h4-7,11-12H,8H2,1-3H3,(H,17,18)/t11-,12+/m0/s1. The predicted octanol–water partition coefficient (Wildman–Crippen LogP) is 2.51. The van der Waals surface area contributed by atoms with Gasteiger partial charge in [0, 0.05) is 10.9 Å². The maximum Gasteiger partial charge on any atom is 0.330 e. The summed E-state index contributed by atoms with van der Waals surface area (Å²) >= 11 is 5.95. The smallest absolute Gasteiger partial charge is 0.330 e. The van der Waals surface area contributed by atoms with E-state index in [1.807, 2.05) is 24.3 Å². The van der Waals surface area contributed by atoms with Gasteiger partial charge < -0.3 is 10.1 Å². The first-order valence-electron chi connectivity index (χ1n) is 6.51. The van der Waals surface area contributed by atoms with Gasteiger partial charge in [-0.05, 0) is 43.9 Å². The van der Waals surface area contributed by atoms with Crippen molar-refractivity contribution in [1.82, 2.24) is 5.32 Å². The zero-order valence-electron chi connectivity index (χ0n) is 11.8. The molecule has 0 aromatic heterocycles. The third-order valence-electron chi connectivity index (χ3n) is 3.54. The SMILES string of the molecule is COC(=O)C(C)(C)NC(=O)[C@@H]1C[C@H]1c1cccc(Cl)c1. The van der Waals surface area contributed by atoms with Crippen LogP contribution >= 0.6 is 11.6 Å². The number of methoxy groups -OCH3 is 1. The minimum Gasteiger partial charge on any atom is -0.467 e. The Labute approximate surface area is 123 Å². The molecule has 0 unspecified atom stereocenters. The summed E-state index contributed by atoms with van der Waals surface area (Å²) in [5.41, 5.74) is 0.0568. The van der Waals surface area contributed by atoms with Gasteiger partial charge in [0.05, 0.1) is 7.11 Å². The zero-order valence-corrected chi connectivity index (χ0v) is 12.5. The monoisotopic (exact) mass is 295 g/mol. The highest BCUT2D eigenvalue weighted by molar-refractivity contribution is 6.30. The number of halogens is 1. The van der Waals surface area contributed by atoms with Crippen LogP contribution in [0.1, 0.15) is 31.7 Å². The molecule has 5 heteroatoms. The fourth-order valence-corrected chi connectivity index (χ4v) is 2.50. The molecular weight excluding hydrogens is 278 g/mol. The first kappa shape index (κ1) is 14.9. The van der Waals surface area contributed by atoms with E-state index in [1.54, 1.807) is 13.8 Å². The molecular formula is C15H18ClNO3. The summed E-state index contributed by atoms with van der Waals surface area (Å²) in [6.45, 7) is 3.26. The normalized spacial score (nSPS) is 21.2. The summed E-state index contributed by atoms with van der Waals surface area (Å²) < 4.78 is 4.67. The first-order chi connectivity index (χ1) is 9.35. The largest absolute Gasteiger partial charge is 0.467 e. The van der Waals surface area contributed by atoms with E-state index >= 15 is 0 Å². The van der Waals surface area contributed by atoms with Gasteiger partial charge in [-0.1, -0.05) is 23.7 Å². The zero-order chi connectivity index (χ0) is 14.9. The average molecular weight is 296 g/mol. The predicted molar refractivity (Wildman–Crippen MR) is 76.5 cm³/mol.